The highest BCUT2D eigenvalue weighted by atomic mass is 16.5. The van der Waals surface area contributed by atoms with Crippen LogP contribution in [-0.2, 0) is 6.54 Å². The van der Waals surface area contributed by atoms with Gasteiger partial charge in [-0.2, -0.15) is 0 Å². The minimum atomic E-state index is -0.0419. The second kappa shape index (κ2) is 8.91. The monoisotopic (exact) mass is 327 g/mol. The second-order valence-corrected chi connectivity index (χ2v) is 5.68. The van der Waals surface area contributed by atoms with Crippen LogP contribution in [0.5, 0.6) is 5.75 Å². The summed E-state index contributed by atoms with van der Waals surface area (Å²) in [6.07, 6.45) is 3.76. The first-order valence-electron chi connectivity index (χ1n) is 8.23. The van der Waals surface area contributed by atoms with Gasteiger partial charge >= 0.3 is 0 Å². The third-order valence-electron chi connectivity index (χ3n) is 3.85. The number of carbonyl (C=O) groups is 1. The minimum Gasteiger partial charge on any atom is -0.496 e. The van der Waals surface area contributed by atoms with Gasteiger partial charge in [0.05, 0.1) is 19.0 Å². The predicted octanol–water partition coefficient (Wildman–Crippen LogP) is 3.57. The molecular formula is C19H25N3O2. The van der Waals surface area contributed by atoms with Crippen molar-refractivity contribution in [1.29, 1.82) is 0 Å². The molecule has 24 heavy (non-hydrogen) atoms. The standard InChI is InChI=1S/C19H25N3O2/c1-4-5-12-22(2)19(23)17-11-10-16(14-21-17)20-13-15-8-6-7-9-18(15)24-3/h6-11,14,20H,4-5,12-13H2,1-3H3. The predicted molar refractivity (Wildman–Crippen MR) is 96.4 cm³/mol. The molecule has 0 atom stereocenters. The molecule has 128 valence electrons. The average molecular weight is 327 g/mol. The number of anilines is 1. The maximum Gasteiger partial charge on any atom is 0.272 e. The Bertz CT molecular complexity index is 656. The normalized spacial score (nSPS) is 10.3. The summed E-state index contributed by atoms with van der Waals surface area (Å²) in [6, 6.07) is 11.5. The number of para-hydroxylation sites is 1. The Morgan fingerprint density at radius 3 is 2.71 bits per heavy atom. The number of unbranched alkanes of at least 4 members (excludes halogenated alkanes) is 1. The topological polar surface area (TPSA) is 54.5 Å². The van der Waals surface area contributed by atoms with E-state index in [2.05, 4.69) is 17.2 Å². The fourth-order valence-electron chi connectivity index (χ4n) is 2.36. The van der Waals surface area contributed by atoms with Crippen molar-refractivity contribution in [2.45, 2.75) is 26.3 Å². The van der Waals surface area contributed by atoms with Crippen molar-refractivity contribution in [3.05, 3.63) is 53.9 Å². The molecule has 0 aliphatic heterocycles. The smallest absolute Gasteiger partial charge is 0.272 e. The Labute approximate surface area is 143 Å². The molecule has 0 bridgehead atoms. The third-order valence-corrected chi connectivity index (χ3v) is 3.85. The molecule has 1 heterocycles. The molecule has 1 aromatic heterocycles. The Morgan fingerprint density at radius 2 is 2.04 bits per heavy atom. The Kier molecular flexibility index (Phi) is 6.61. The van der Waals surface area contributed by atoms with Crippen LogP contribution in [0.25, 0.3) is 0 Å². The molecule has 1 N–H and O–H groups in total. The van der Waals surface area contributed by atoms with Gasteiger partial charge in [0.25, 0.3) is 5.91 Å². The van der Waals surface area contributed by atoms with Gasteiger partial charge in [0.1, 0.15) is 11.4 Å². The van der Waals surface area contributed by atoms with Crippen LogP contribution in [0.2, 0.25) is 0 Å². The molecule has 5 nitrogen and oxygen atoms in total. The number of amides is 1. The lowest BCUT2D eigenvalue weighted by molar-refractivity contribution is 0.0787. The number of rotatable bonds is 8. The van der Waals surface area contributed by atoms with Crippen LogP contribution in [0.1, 0.15) is 35.8 Å². The van der Waals surface area contributed by atoms with Crippen LogP contribution in [0, 0.1) is 0 Å². The molecule has 0 unspecified atom stereocenters. The first kappa shape index (κ1) is 17.8. The molecule has 0 aliphatic carbocycles. The lowest BCUT2D eigenvalue weighted by atomic mass is 10.2. The van der Waals surface area contributed by atoms with Crippen molar-refractivity contribution in [1.82, 2.24) is 9.88 Å². The van der Waals surface area contributed by atoms with E-state index in [1.165, 1.54) is 0 Å². The maximum atomic E-state index is 12.3. The molecule has 0 spiro atoms. The molecular weight excluding hydrogens is 302 g/mol. The highest BCUT2D eigenvalue weighted by Crippen LogP contribution is 2.19. The lowest BCUT2D eigenvalue weighted by Gasteiger charge is -2.16. The van der Waals surface area contributed by atoms with Gasteiger partial charge in [-0.15, -0.1) is 0 Å². The number of hydrogen-bond donors (Lipinski definition) is 1. The summed E-state index contributed by atoms with van der Waals surface area (Å²) in [5.41, 5.74) is 2.41. The molecule has 0 saturated heterocycles. The van der Waals surface area contributed by atoms with Crippen LogP contribution in [0.15, 0.2) is 42.6 Å². The first-order chi connectivity index (χ1) is 11.7. The minimum absolute atomic E-state index is 0.0419. The van der Waals surface area contributed by atoms with E-state index < -0.39 is 0 Å². The Balaban J connectivity index is 1.95. The van der Waals surface area contributed by atoms with Gasteiger partial charge in [-0.25, -0.2) is 4.98 Å². The van der Waals surface area contributed by atoms with Crippen LogP contribution in [0.4, 0.5) is 5.69 Å². The van der Waals surface area contributed by atoms with Crippen molar-refractivity contribution in [2.24, 2.45) is 0 Å². The fraction of sp³-hybridized carbons (Fsp3) is 0.368. The first-order valence-corrected chi connectivity index (χ1v) is 8.23. The molecule has 5 heteroatoms. The number of aromatic nitrogens is 1. The number of carbonyl (C=O) groups excluding carboxylic acids is 1. The van der Waals surface area contributed by atoms with Gasteiger partial charge in [0.15, 0.2) is 0 Å². The highest BCUT2D eigenvalue weighted by Gasteiger charge is 2.12. The zero-order valence-electron chi connectivity index (χ0n) is 14.6. The number of pyridine rings is 1. The van der Waals surface area contributed by atoms with E-state index in [4.69, 9.17) is 4.74 Å². The van der Waals surface area contributed by atoms with E-state index in [0.717, 1.165) is 36.4 Å². The molecule has 1 amide bonds. The number of nitrogens with one attached hydrogen (secondary N) is 1. The zero-order chi connectivity index (χ0) is 17.4. The van der Waals surface area contributed by atoms with Gasteiger partial charge in [0.2, 0.25) is 0 Å². The van der Waals surface area contributed by atoms with Crippen LogP contribution >= 0.6 is 0 Å². The summed E-state index contributed by atoms with van der Waals surface area (Å²) in [5.74, 6) is 0.807. The quantitative estimate of drug-likeness (QED) is 0.805. The average Bonchev–Trinajstić information content (AvgIpc) is 2.64. The fourth-order valence-corrected chi connectivity index (χ4v) is 2.36. The van der Waals surface area contributed by atoms with Crippen LogP contribution < -0.4 is 10.1 Å². The van der Waals surface area contributed by atoms with Gasteiger partial charge in [-0.05, 0) is 24.6 Å². The molecule has 0 saturated carbocycles. The molecule has 1 aromatic carbocycles. The van der Waals surface area contributed by atoms with Crippen molar-refractivity contribution in [3.63, 3.8) is 0 Å². The van der Waals surface area contributed by atoms with E-state index in [1.807, 2.05) is 37.4 Å². The summed E-state index contributed by atoms with van der Waals surface area (Å²) in [4.78, 5) is 18.2. The maximum absolute atomic E-state index is 12.3. The summed E-state index contributed by atoms with van der Waals surface area (Å²) in [6.45, 7) is 3.50. The summed E-state index contributed by atoms with van der Waals surface area (Å²) >= 11 is 0. The molecule has 2 rings (SSSR count). The molecule has 0 fully saturated rings. The van der Waals surface area contributed by atoms with Gasteiger partial charge in [0, 0.05) is 25.7 Å². The molecule has 0 aliphatic rings. The second-order valence-electron chi connectivity index (χ2n) is 5.68. The van der Waals surface area contributed by atoms with E-state index >= 15 is 0 Å². The zero-order valence-corrected chi connectivity index (χ0v) is 14.6. The number of hydrogen-bond acceptors (Lipinski definition) is 4. The SMILES string of the molecule is CCCCN(C)C(=O)c1ccc(NCc2ccccc2OC)cn1. The van der Waals surface area contributed by atoms with Crippen molar-refractivity contribution in [2.75, 3.05) is 26.0 Å². The third kappa shape index (κ3) is 4.72. The lowest BCUT2D eigenvalue weighted by Crippen LogP contribution is -2.28. The number of benzene rings is 1. The van der Waals surface area contributed by atoms with Crippen molar-refractivity contribution >= 4 is 11.6 Å². The number of nitrogens with zero attached hydrogens (tertiary/aromatic N) is 2. The summed E-state index contributed by atoms with van der Waals surface area (Å²) in [5, 5.41) is 3.30. The largest absolute Gasteiger partial charge is 0.496 e. The summed E-state index contributed by atoms with van der Waals surface area (Å²) < 4.78 is 5.34. The van der Waals surface area contributed by atoms with Crippen molar-refractivity contribution < 1.29 is 9.53 Å². The Morgan fingerprint density at radius 1 is 1.25 bits per heavy atom. The van der Waals surface area contributed by atoms with E-state index in [0.29, 0.717) is 12.2 Å². The Hall–Kier alpha value is -2.56. The van der Waals surface area contributed by atoms with Crippen molar-refractivity contribution in [3.8, 4) is 5.75 Å². The summed E-state index contributed by atoms with van der Waals surface area (Å²) in [7, 11) is 3.48. The van der Waals surface area contributed by atoms with E-state index in [9.17, 15) is 4.79 Å². The van der Waals surface area contributed by atoms with Gasteiger partial charge in [-0.1, -0.05) is 31.5 Å². The van der Waals surface area contributed by atoms with Gasteiger partial charge in [-0.3, -0.25) is 4.79 Å². The highest BCUT2D eigenvalue weighted by molar-refractivity contribution is 5.92. The number of ether oxygens (including phenoxy) is 1. The number of methoxy groups -OCH3 is 1. The van der Waals surface area contributed by atoms with E-state index in [-0.39, 0.29) is 5.91 Å². The van der Waals surface area contributed by atoms with Crippen LogP contribution in [-0.4, -0.2) is 36.5 Å². The van der Waals surface area contributed by atoms with E-state index in [1.54, 1.807) is 24.3 Å². The van der Waals surface area contributed by atoms with Gasteiger partial charge < -0.3 is 15.0 Å². The van der Waals surface area contributed by atoms with Crippen LogP contribution in [0.3, 0.4) is 0 Å². The molecule has 0 radical (unpaired) electrons. The molecule has 2 aromatic rings.